The average molecular weight is 482 g/mol. The summed E-state index contributed by atoms with van der Waals surface area (Å²) in [7, 11) is 0. The van der Waals surface area contributed by atoms with Gasteiger partial charge in [-0.15, -0.1) is 0 Å². The zero-order valence-electron chi connectivity index (χ0n) is 18.2. The standard InChI is InChI=1S/C26H32BrN3O/c27-22-16-14-20(15-17-22)19-30-24-12-7-6-11-23(24)29-25(30)13-5-2-8-18-28-26(31)21-9-3-1-4-10-21/h6-7,11-12,14-17,21H,1-5,8-10,13,18-19H2,(H,28,31). The number of carbonyl (C=O) groups excluding carboxylic acids is 1. The van der Waals surface area contributed by atoms with Crippen molar-refractivity contribution in [2.75, 3.05) is 6.54 Å². The van der Waals surface area contributed by atoms with E-state index in [1.165, 1.54) is 30.3 Å². The van der Waals surface area contributed by atoms with E-state index in [-0.39, 0.29) is 11.8 Å². The number of carbonyl (C=O) groups is 1. The molecule has 0 bridgehead atoms. The lowest BCUT2D eigenvalue weighted by molar-refractivity contribution is -0.125. The fourth-order valence-corrected chi connectivity index (χ4v) is 4.83. The highest BCUT2D eigenvalue weighted by Gasteiger charge is 2.20. The maximum atomic E-state index is 12.3. The number of rotatable bonds is 9. The van der Waals surface area contributed by atoms with E-state index in [2.05, 4.69) is 74.3 Å². The molecule has 4 nitrogen and oxygen atoms in total. The SMILES string of the molecule is O=C(NCCCCCc1nc2ccccc2n1Cc1ccc(Br)cc1)C1CCCCC1. The number of hydrogen-bond donors (Lipinski definition) is 1. The highest BCUT2D eigenvalue weighted by molar-refractivity contribution is 9.10. The summed E-state index contributed by atoms with van der Waals surface area (Å²) in [5, 5.41) is 3.16. The molecule has 3 aromatic rings. The van der Waals surface area contributed by atoms with Gasteiger partial charge < -0.3 is 9.88 Å². The van der Waals surface area contributed by atoms with Crippen LogP contribution in [0.15, 0.2) is 53.0 Å². The Bertz CT molecular complexity index is 990. The molecule has 31 heavy (non-hydrogen) atoms. The van der Waals surface area contributed by atoms with Gasteiger partial charge in [0.15, 0.2) is 0 Å². The topological polar surface area (TPSA) is 46.9 Å². The molecule has 1 saturated carbocycles. The van der Waals surface area contributed by atoms with Crippen molar-refractivity contribution in [1.29, 1.82) is 0 Å². The molecule has 0 radical (unpaired) electrons. The summed E-state index contributed by atoms with van der Waals surface area (Å²) in [5.74, 6) is 1.68. The molecule has 164 valence electrons. The molecule has 0 saturated heterocycles. The highest BCUT2D eigenvalue weighted by atomic mass is 79.9. The van der Waals surface area contributed by atoms with Crippen LogP contribution in [0.2, 0.25) is 0 Å². The number of nitrogens with zero attached hydrogens (tertiary/aromatic N) is 2. The van der Waals surface area contributed by atoms with Gasteiger partial charge in [-0.05, 0) is 55.5 Å². The molecule has 0 spiro atoms. The van der Waals surface area contributed by atoms with Gasteiger partial charge in [0.1, 0.15) is 5.82 Å². The van der Waals surface area contributed by atoms with Crippen LogP contribution in [0.4, 0.5) is 0 Å². The Kier molecular flexibility index (Phi) is 7.79. The average Bonchev–Trinajstić information content (AvgIpc) is 3.15. The zero-order chi connectivity index (χ0) is 21.5. The third-order valence-corrected chi connectivity index (χ3v) is 6.87. The molecule has 0 atom stereocenters. The first-order chi connectivity index (χ1) is 15.2. The smallest absolute Gasteiger partial charge is 0.223 e. The lowest BCUT2D eigenvalue weighted by atomic mass is 9.89. The van der Waals surface area contributed by atoms with Crippen LogP contribution in [0.5, 0.6) is 0 Å². The second-order valence-corrected chi connectivity index (χ2v) is 9.58. The summed E-state index contributed by atoms with van der Waals surface area (Å²) in [6.07, 6.45) is 10.0. The molecule has 1 amide bonds. The maximum absolute atomic E-state index is 12.3. The predicted molar refractivity (Wildman–Crippen MR) is 130 cm³/mol. The van der Waals surface area contributed by atoms with Crippen molar-refractivity contribution in [3.05, 3.63) is 64.4 Å². The molecule has 0 aliphatic heterocycles. The van der Waals surface area contributed by atoms with E-state index in [0.29, 0.717) is 0 Å². The van der Waals surface area contributed by atoms with Gasteiger partial charge in [-0.2, -0.15) is 0 Å². The Morgan fingerprint density at radius 1 is 1.00 bits per heavy atom. The molecule has 1 aromatic heterocycles. The minimum atomic E-state index is 0.257. The number of unbranched alkanes of at least 4 members (excludes halogenated alkanes) is 2. The molecule has 4 rings (SSSR count). The van der Waals surface area contributed by atoms with E-state index in [1.54, 1.807) is 0 Å². The summed E-state index contributed by atoms with van der Waals surface area (Å²) in [6.45, 7) is 1.63. The number of amides is 1. The number of para-hydroxylation sites is 2. The summed E-state index contributed by atoms with van der Waals surface area (Å²) in [4.78, 5) is 17.2. The van der Waals surface area contributed by atoms with Gasteiger partial charge in [-0.3, -0.25) is 4.79 Å². The largest absolute Gasteiger partial charge is 0.356 e. The number of fused-ring (bicyclic) bond motifs is 1. The van der Waals surface area contributed by atoms with E-state index in [9.17, 15) is 4.79 Å². The quantitative estimate of drug-likeness (QED) is 0.366. The molecule has 1 N–H and O–H groups in total. The van der Waals surface area contributed by atoms with Gasteiger partial charge in [0.2, 0.25) is 5.91 Å². The molecule has 1 fully saturated rings. The molecule has 0 unspecified atom stereocenters. The Morgan fingerprint density at radius 2 is 1.77 bits per heavy atom. The molecule has 2 aromatic carbocycles. The molecule has 1 aliphatic carbocycles. The van der Waals surface area contributed by atoms with Crippen LogP contribution >= 0.6 is 15.9 Å². The fourth-order valence-electron chi connectivity index (χ4n) is 4.57. The van der Waals surface area contributed by atoms with E-state index < -0.39 is 0 Å². The predicted octanol–water partition coefficient (Wildman–Crippen LogP) is 6.26. The van der Waals surface area contributed by atoms with Gasteiger partial charge in [0.05, 0.1) is 11.0 Å². The van der Waals surface area contributed by atoms with Crippen LogP contribution in [0.3, 0.4) is 0 Å². The highest BCUT2D eigenvalue weighted by Crippen LogP contribution is 2.24. The van der Waals surface area contributed by atoms with Crippen molar-refractivity contribution < 1.29 is 4.79 Å². The van der Waals surface area contributed by atoms with Gasteiger partial charge in [-0.1, -0.05) is 65.9 Å². The van der Waals surface area contributed by atoms with Crippen molar-refractivity contribution in [2.24, 2.45) is 5.92 Å². The fraction of sp³-hybridized carbons (Fsp3) is 0.462. The van der Waals surface area contributed by atoms with Gasteiger partial charge >= 0.3 is 0 Å². The van der Waals surface area contributed by atoms with Crippen LogP contribution in [0.25, 0.3) is 11.0 Å². The van der Waals surface area contributed by atoms with Crippen molar-refractivity contribution in [2.45, 2.75) is 64.3 Å². The minimum Gasteiger partial charge on any atom is -0.356 e. The van der Waals surface area contributed by atoms with Crippen LogP contribution in [-0.2, 0) is 17.8 Å². The number of hydrogen-bond acceptors (Lipinski definition) is 2. The monoisotopic (exact) mass is 481 g/mol. The number of imidazole rings is 1. The number of benzene rings is 2. The third-order valence-electron chi connectivity index (χ3n) is 6.34. The number of halogens is 1. The normalized spacial score (nSPS) is 14.7. The maximum Gasteiger partial charge on any atom is 0.223 e. The number of nitrogens with one attached hydrogen (secondary N) is 1. The van der Waals surface area contributed by atoms with Gasteiger partial charge in [0.25, 0.3) is 0 Å². The minimum absolute atomic E-state index is 0.257. The zero-order valence-corrected chi connectivity index (χ0v) is 19.7. The Morgan fingerprint density at radius 3 is 2.58 bits per heavy atom. The van der Waals surface area contributed by atoms with Gasteiger partial charge in [0, 0.05) is 29.9 Å². The first-order valence-electron chi connectivity index (χ1n) is 11.7. The Labute approximate surface area is 193 Å². The third kappa shape index (κ3) is 5.97. The lowest BCUT2D eigenvalue weighted by Gasteiger charge is -2.20. The van der Waals surface area contributed by atoms with Crippen LogP contribution < -0.4 is 5.32 Å². The number of aryl methyl sites for hydroxylation is 1. The van der Waals surface area contributed by atoms with E-state index in [0.717, 1.165) is 67.4 Å². The van der Waals surface area contributed by atoms with Crippen LogP contribution in [0, 0.1) is 5.92 Å². The first-order valence-corrected chi connectivity index (χ1v) is 12.5. The van der Waals surface area contributed by atoms with E-state index in [4.69, 9.17) is 4.98 Å². The Hall–Kier alpha value is -2.14. The summed E-state index contributed by atoms with van der Waals surface area (Å²) < 4.78 is 3.45. The van der Waals surface area contributed by atoms with Crippen LogP contribution in [0.1, 0.15) is 62.8 Å². The summed E-state index contributed by atoms with van der Waals surface area (Å²) in [6, 6.07) is 16.9. The van der Waals surface area contributed by atoms with E-state index >= 15 is 0 Å². The molecule has 1 heterocycles. The molecular weight excluding hydrogens is 450 g/mol. The molecular formula is C26H32BrN3O. The lowest BCUT2D eigenvalue weighted by Crippen LogP contribution is -2.32. The van der Waals surface area contributed by atoms with Crippen molar-refractivity contribution in [3.8, 4) is 0 Å². The first kappa shape index (κ1) is 22.1. The second kappa shape index (κ2) is 10.9. The number of aromatic nitrogens is 2. The van der Waals surface area contributed by atoms with Crippen molar-refractivity contribution in [3.63, 3.8) is 0 Å². The summed E-state index contributed by atoms with van der Waals surface area (Å²) in [5.41, 5.74) is 3.53. The van der Waals surface area contributed by atoms with E-state index in [1.807, 2.05) is 0 Å². The van der Waals surface area contributed by atoms with Crippen LogP contribution in [-0.4, -0.2) is 22.0 Å². The van der Waals surface area contributed by atoms with Crippen molar-refractivity contribution >= 4 is 32.9 Å². The second-order valence-electron chi connectivity index (χ2n) is 8.67. The Balaban J connectivity index is 1.30. The summed E-state index contributed by atoms with van der Waals surface area (Å²) >= 11 is 3.52. The van der Waals surface area contributed by atoms with Gasteiger partial charge in [-0.25, -0.2) is 4.98 Å². The van der Waals surface area contributed by atoms with Crippen molar-refractivity contribution in [1.82, 2.24) is 14.9 Å². The molecule has 5 heteroatoms. The molecule has 1 aliphatic rings.